The average Bonchev–Trinajstić information content (AvgIpc) is 3.25. The van der Waals surface area contributed by atoms with Gasteiger partial charge in [0.15, 0.2) is 0 Å². The molecule has 1 aromatic carbocycles. The topological polar surface area (TPSA) is 89.3 Å². The SMILES string of the molecule is Cl.NCC1CCCC1NC(=O)c1ccc(S(=O)(=O)c2ccccc2)s1. The number of benzene rings is 1. The Kier molecular flexibility index (Phi) is 6.62. The van der Waals surface area contributed by atoms with Gasteiger partial charge in [-0.15, -0.1) is 23.7 Å². The maximum absolute atomic E-state index is 12.6. The van der Waals surface area contributed by atoms with Gasteiger partial charge < -0.3 is 11.1 Å². The monoisotopic (exact) mass is 400 g/mol. The number of nitrogens with two attached hydrogens (primary N) is 1. The number of halogens is 1. The van der Waals surface area contributed by atoms with Crippen LogP contribution in [0.25, 0.3) is 0 Å². The lowest BCUT2D eigenvalue weighted by atomic mass is 10.0. The van der Waals surface area contributed by atoms with Gasteiger partial charge >= 0.3 is 0 Å². The molecule has 25 heavy (non-hydrogen) atoms. The lowest BCUT2D eigenvalue weighted by molar-refractivity contribution is 0.0933. The van der Waals surface area contributed by atoms with Crippen LogP contribution in [0.2, 0.25) is 0 Å². The number of hydrogen-bond donors (Lipinski definition) is 2. The van der Waals surface area contributed by atoms with E-state index in [1.165, 1.54) is 6.07 Å². The van der Waals surface area contributed by atoms with Crippen LogP contribution in [0.5, 0.6) is 0 Å². The van der Waals surface area contributed by atoms with E-state index < -0.39 is 9.84 Å². The molecule has 0 spiro atoms. The fourth-order valence-corrected chi connectivity index (χ4v) is 5.68. The predicted molar refractivity (Wildman–Crippen MR) is 101 cm³/mol. The summed E-state index contributed by atoms with van der Waals surface area (Å²) in [4.78, 5) is 13.0. The predicted octanol–water partition coefficient (Wildman–Crippen LogP) is 2.86. The zero-order valence-corrected chi connectivity index (χ0v) is 16.0. The highest BCUT2D eigenvalue weighted by atomic mass is 35.5. The zero-order valence-electron chi connectivity index (χ0n) is 13.6. The minimum absolute atomic E-state index is 0. The van der Waals surface area contributed by atoms with Crippen molar-refractivity contribution < 1.29 is 13.2 Å². The van der Waals surface area contributed by atoms with Crippen molar-refractivity contribution in [2.45, 2.75) is 34.4 Å². The van der Waals surface area contributed by atoms with Crippen molar-refractivity contribution in [2.24, 2.45) is 11.7 Å². The molecule has 5 nitrogen and oxygen atoms in total. The van der Waals surface area contributed by atoms with Crippen molar-refractivity contribution in [3.8, 4) is 0 Å². The minimum Gasteiger partial charge on any atom is -0.348 e. The minimum atomic E-state index is -3.58. The van der Waals surface area contributed by atoms with Gasteiger partial charge in [0, 0.05) is 6.04 Å². The van der Waals surface area contributed by atoms with Crippen LogP contribution in [0.15, 0.2) is 51.6 Å². The molecule has 0 saturated heterocycles. The van der Waals surface area contributed by atoms with Gasteiger partial charge in [-0.05, 0) is 49.6 Å². The maximum atomic E-state index is 12.6. The highest BCUT2D eigenvalue weighted by molar-refractivity contribution is 7.93. The van der Waals surface area contributed by atoms with Crippen molar-refractivity contribution in [1.82, 2.24) is 5.32 Å². The van der Waals surface area contributed by atoms with Gasteiger partial charge in [0.1, 0.15) is 4.21 Å². The average molecular weight is 401 g/mol. The molecule has 1 aliphatic rings. The highest BCUT2D eigenvalue weighted by Crippen LogP contribution is 2.29. The van der Waals surface area contributed by atoms with Crippen LogP contribution < -0.4 is 11.1 Å². The summed E-state index contributed by atoms with van der Waals surface area (Å²) in [5, 5.41) is 3.00. The second-order valence-corrected chi connectivity index (χ2v) is 9.20. The largest absolute Gasteiger partial charge is 0.348 e. The van der Waals surface area contributed by atoms with Gasteiger partial charge in [-0.3, -0.25) is 4.79 Å². The summed E-state index contributed by atoms with van der Waals surface area (Å²) in [6, 6.07) is 11.4. The Morgan fingerprint density at radius 3 is 2.56 bits per heavy atom. The van der Waals surface area contributed by atoms with E-state index in [0.717, 1.165) is 30.6 Å². The van der Waals surface area contributed by atoms with Crippen LogP contribution in [0.4, 0.5) is 0 Å². The zero-order chi connectivity index (χ0) is 17.2. The number of amides is 1. The smallest absolute Gasteiger partial charge is 0.261 e. The van der Waals surface area contributed by atoms with E-state index >= 15 is 0 Å². The van der Waals surface area contributed by atoms with Gasteiger partial charge in [-0.25, -0.2) is 8.42 Å². The van der Waals surface area contributed by atoms with Crippen LogP contribution in [0, 0.1) is 5.92 Å². The molecule has 3 N–H and O–H groups in total. The van der Waals surface area contributed by atoms with E-state index in [1.54, 1.807) is 36.4 Å². The second kappa shape index (κ2) is 8.31. The van der Waals surface area contributed by atoms with Crippen LogP contribution in [-0.4, -0.2) is 26.9 Å². The number of carbonyl (C=O) groups excluding carboxylic acids is 1. The normalized spacial score (nSPS) is 20.0. The van der Waals surface area contributed by atoms with Crippen LogP contribution in [0.1, 0.15) is 28.9 Å². The molecule has 136 valence electrons. The number of thiophene rings is 1. The van der Waals surface area contributed by atoms with E-state index in [2.05, 4.69) is 5.32 Å². The third-order valence-corrected chi connectivity index (χ3v) is 7.75. The molecule has 8 heteroatoms. The van der Waals surface area contributed by atoms with Gasteiger partial charge in [-0.1, -0.05) is 24.6 Å². The number of rotatable bonds is 5. The molecular formula is C17H21ClN2O3S2. The first kappa shape index (κ1) is 19.9. The second-order valence-electron chi connectivity index (χ2n) is 5.94. The molecule has 1 aliphatic carbocycles. The summed E-state index contributed by atoms with van der Waals surface area (Å²) >= 11 is 1.00. The van der Waals surface area contributed by atoms with Crippen LogP contribution >= 0.6 is 23.7 Å². The van der Waals surface area contributed by atoms with Crippen molar-refractivity contribution >= 4 is 39.5 Å². The van der Waals surface area contributed by atoms with Crippen LogP contribution in [-0.2, 0) is 9.84 Å². The van der Waals surface area contributed by atoms with Gasteiger partial charge in [0.25, 0.3) is 5.91 Å². The van der Waals surface area contributed by atoms with E-state index in [0.29, 0.717) is 17.3 Å². The molecule has 3 rings (SSSR count). The standard InChI is InChI=1S/C17H20N2O3S2.ClH/c18-11-12-5-4-8-14(12)19-17(20)15-9-10-16(23-15)24(21,22)13-6-2-1-3-7-13;/h1-3,6-7,9-10,12,14H,4-5,8,11,18H2,(H,19,20);1H. The number of hydrogen-bond acceptors (Lipinski definition) is 5. The summed E-state index contributed by atoms with van der Waals surface area (Å²) in [6.45, 7) is 0.559. The molecule has 1 fully saturated rings. The van der Waals surface area contributed by atoms with Crippen molar-refractivity contribution in [1.29, 1.82) is 0 Å². The Labute approximate surface area is 158 Å². The molecule has 0 bridgehead atoms. The fraction of sp³-hybridized carbons (Fsp3) is 0.353. The number of nitrogens with one attached hydrogen (secondary N) is 1. The highest BCUT2D eigenvalue weighted by Gasteiger charge is 2.28. The molecule has 1 heterocycles. The number of sulfone groups is 1. The van der Waals surface area contributed by atoms with Gasteiger partial charge in [0.2, 0.25) is 9.84 Å². The summed E-state index contributed by atoms with van der Waals surface area (Å²) in [5.74, 6) is 0.0845. The molecule has 1 aromatic heterocycles. The van der Waals surface area contributed by atoms with E-state index in [1.807, 2.05) is 0 Å². The third-order valence-electron chi connectivity index (χ3n) is 4.40. The van der Waals surface area contributed by atoms with E-state index in [9.17, 15) is 13.2 Å². The number of carbonyl (C=O) groups is 1. The van der Waals surface area contributed by atoms with Gasteiger partial charge in [0.05, 0.1) is 9.77 Å². The summed E-state index contributed by atoms with van der Waals surface area (Å²) in [7, 11) is -3.58. The quantitative estimate of drug-likeness (QED) is 0.807. The molecule has 0 aliphatic heterocycles. The molecule has 1 amide bonds. The summed E-state index contributed by atoms with van der Waals surface area (Å²) in [6.07, 6.45) is 3.01. The summed E-state index contributed by atoms with van der Waals surface area (Å²) in [5.41, 5.74) is 5.74. The molecule has 2 unspecified atom stereocenters. The Morgan fingerprint density at radius 2 is 1.88 bits per heavy atom. The Balaban J connectivity index is 0.00000225. The van der Waals surface area contributed by atoms with Crippen molar-refractivity contribution in [3.05, 3.63) is 47.3 Å². The fourth-order valence-electron chi connectivity index (χ4n) is 3.05. The molecule has 2 aromatic rings. The summed E-state index contributed by atoms with van der Waals surface area (Å²) < 4.78 is 25.3. The first-order valence-electron chi connectivity index (χ1n) is 7.93. The molecule has 0 radical (unpaired) electrons. The molecule has 1 saturated carbocycles. The lowest BCUT2D eigenvalue weighted by Crippen LogP contribution is -2.39. The first-order chi connectivity index (χ1) is 11.5. The molecule has 2 atom stereocenters. The van der Waals surface area contributed by atoms with Gasteiger partial charge in [-0.2, -0.15) is 0 Å². The Morgan fingerprint density at radius 1 is 1.16 bits per heavy atom. The maximum Gasteiger partial charge on any atom is 0.261 e. The Bertz CT molecular complexity index is 821. The lowest BCUT2D eigenvalue weighted by Gasteiger charge is -2.18. The third kappa shape index (κ3) is 4.23. The van der Waals surface area contributed by atoms with E-state index in [-0.39, 0.29) is 33.5 Å². The first-order valence-corrected chi connectivity index (χ1v) is 10.2. The molecular weight excluding hydrogens is 380 g/mol. The van der Waals surface area contributed by atoms with Crippen molar-refractivity contribution in [2.75, 3.05) is 6.54 Å². The van der Waals surface area contributed by atoms with Crippen molar-refractivity contribution in [3.63, 3.8) is 0 Å². The van der Waals surface area contributed by atoms with E-state index in [4.69, 9.17) is 5.73 Å². The van der Waals surface area contributed by atoms with Crippen LogP contribution in [0.3, 0.4) is 0 Å². The Hall–Kier alpha value is -1.41.